The third-order valence-electron chi connectivity index (χ3n) is 3.89. The number of hydrogen-bond acceptors (Lipinski definition) is 4. The summed E-state index contributed by atoms with van der Waals surface area (Å²) in [6.07, 6.45) is 5.06. The zero-order chi connectivity index (χ0) is 14.5. The number of benzene rings is 1. The highest BCUT2D eigenvalue weighted by Crippen LogP contribution is 2.23. The first-order valence-corrected chi connectivity index (χ1v) is 6.96. The second kappa shape index (κ2) is 6.65. The van der Waals surface area contributed by atoms with Crippen LogP contribution in [0.1, 0.15) is 25.7 Å². The molecule has 0 atom stereocenters. The summed E-state index contributed by atoms with van der Waals surface area (Å²) in [7, 11) is 2.09. The molecule has 1 aliphatic carbocycles. The average Bonchev–Trinajstić information content (AvgIpc) is 2.94. The number of non-ortho nitro benzene ring substituents is 1. The van der Waals surface area contributed by atoms with Gasteiger partial charge < -0.3 is 10.2 Å². The van der Waals surface area contributed by atoms with E-state index in [9.17, 15) is 14.5 Å². The molecule has 110 valence electrons. The first-order chi connectivity index (χ1) is 9.58. The van der Waals surface area contributed by atoms with Crippen molar-refractivity contribution in [2.24, 2.45) is 0 Å². The van der Waals surface area contributed by atoms with Crippen molar-refractivity contribution in [2.45, 2.75) is 31.7 Å². The van der Waals surface area contributed by atoms with Gasteiger partial charge in [-0.2, -0.15) is 0 Å². The largest absolute Gasteiger partial charge is 0.381 e. The zero-order valence-corrected chi connectivity index (χ0v) is 11.6. The molecule has 0 spiro atoms. The molecule has 0 bridgehead atoms. The van der Waals surface area contributed by atoms with E-state index in [1.165, 1.54) is 37.8 Å². The molecule has 5 nitrogen and oxygen atoms in total. The van der Waals surface area contributed by atoms with Gasteiger partial charge in [0, 0.05) is 25.2 Å². The van der Waals surface area contributed by atoms with Gasteiger partial charge in [0.05, 0.1) is 16.7 Å². The molecule has 0 aromatic heterocycles. The quantitative estimate of drug-likeness (QED) is 0.643. The van der Waals surface area contributed by atoms with Crippen LogP contribution < -0.4 is 5.32 Å². The number of nitrogens with one attached hydrogen (secondary N) is 1. The fourth-order valence-corrected chi connectivity index (χ4v) is 2.66. The Bertz CT molecular complexity index is 475. The van der Waals surface area contributed by atoms with Crippen LogP contribution in [-0.2, 0) is 0 Å². The van der Waals surface area contributed by atoms with E-state index in [0.29, 0.717) is 18.3 Å². The lowest BCUT2D eigenvalue weighted by molar-refractivity contribution is -0.385. The van der Waals surface area contributed by atoms with Crippen molar-refractivity contribution in [3.8, 4) is 0 Å². The van der Waals surface area contributed by atoms with Gasteiger partial charge in [0.2, 0.25) is 0 Å². The van der Waals surface area contributed by atoms with Crippen molar-refractivity contribution >= 4 is 11.4 Å². The molecule has 0 aliphatic heterocycles. The van der Waals surface area contributed by atoms with Gasteiger partial charge >= 0.3 is 0 Å². The van der Waals surface area contributed by atoms with Gasteiger partial charge in [-0.15, -0.1) is 0 Å². The van der Waals surface area contributed by atoms with Crippen molar-refractivity contribution in [1.82, 2.24) is 4.90 Å². The maximum atomic E-state index is 13.7. The van der Waals surface area contributed by atoms with Crippen molar-refractivity contribution in [3.05, 3.63) is 34.1 Å². The molecule has 2 rings (SSSR count). The lowest BCUT2D eigenvalue weighted by Crippen LogP contribution is -2.33. The van der Waals surface area contributed by atoms with E-state index >= 15 is 0 Å². The second-order valence-corrected chi connectivity index (χ2v) is 5.27. The number of nitro benzene ring substituents is 1. The lowest BCUT2D eigenvalue weighted by atomic mass is 10.2. The summed E-state index contributed by atoms with van der Waals surface area (Å²) in [6, 6.07) is 4.32. The van der Waals surface area contributed by atoms with Gasteiger partial charge in [0.25, 0.3) is 5.69 Å². The molecule has 1 saturated carbocycles. The molecule has 1 aliphatic rings. The van der Waals surface area contributed by atoms with E-state index in [0.717, 1.165) is 12.6 Å². The molecule has 0 amide bonds. The Balaban J connectivity index is 1.83. The number of halogens is 1. The number of nitro groups is 1. The summed E-state index contributed by atoms with van der Waals surface area (Å²) >= 11 is 0. The van der Waals surface area contributed by atoms with Gasteiger partial charge in [-0.3, -0.25) is 10.1 Å². The predicted molar refractivity (Wildman–Crippen MR) is 76.4 cm³/mol. The topological polar surface area (TPSA) is 58.4 Å². The van der Waals surface area contributed by atoms with Crippen LogP contribution in [0.2, 0.25) is 0 Å². The van der Waals surface area contributed by atoms with Crippen molar-refractivity contribution in [3.63, 3.8) is 0 Å². The minimum absolute atomic E-state index is 0.226. The van der Waals surface area contributed by atoms with Gasteiger partial charge in [-0.25, -0.2) is 4.39 Å². The molecule has 0 unspecified atom stereocenters. The average molecular weight is 281 g/mol. The summed E-state index contributed by atoms with van der Waals surface area (Å²) in [6.45, 7) is 1.46. The van der Waals surface area contributed by atoms with E-state index < -0.39 is 10.7 Å². The Labute approximate surface area is 117 Å². The van der Waals surface area contributed by atoms with Crippen molar-refractivity contribution < 1.29 is 9.31 Å². The first-order valence-electron chi connectivity index (χ1n) is 6.96. The third kappa shape index (κ3) is 3.66. The van der Waals surface area contributed by atoms with Crippen molar-refractivity contribution in [2.75, 3.05) is 25.5 Å². The van der Waals surface area contributed by atoms with Crippen LogP contribution in [-0.4, -0.2) is 36.0 Å². The fourth-order valence-electron chi connectivity index (χ4n) is 2.66. The summed E-state index contributed by atoms with van der Waals surface area (Å²) in [4.78, 5) is 12.2. The van der Waals surface area contributed by atoms with Crippen LogP contribution in [0.3, 0.4) is 0 Å². The van der Waals surface area contributed by atoms with Gasteiger partial charge in [0.1, 0.15) is 0 Å². The van der Waals surface area contributed by atoms with E-state index in [1.807, 2.05) is 0 Å². The number of anilines is 1. The van der Waals surface area contributed by atoms with Crippen LogP contribution in [0.15, 0.2) is 18.2 Å². The summed E-state index contributed by atoms with van der Waals surface area (Å²) < 4.78 is 13.7. The van der Waals surface area contributed by atoms with E-state index in [-0.39, 0.29) is 5.69 Å². The molecular formula is C14H20FN3O2. The number of rotatable bonds is 6. The molecule has 1 N–H and O–H groups in total. The summed E-state index contributed by atoms with van der Waals surface area (Å²) in [5.74, 6) is -0.581. The highest BCUT2D eigenvalue weighted by atomic mass is 19.1. The molecule has 0 saturated heterocycles. The number of likely N-dealkylation sites (N-methyl/N-ethyl adjacent to an activating group) is 1. The monoisotopic (exact) mass is 281 g/mol. The van der Waals surface area contributed by atoms with E-state index in [4.69, 9.17) is 0 Å². The minimum atomic E-state index is -0.596. The Morgan fingerprint density at radius 1 is 1.45 bits per heavy atom. The van der Waals surface area contributed by atoms with Gasteiger partial charge in [-0.1, -0.05) is 12.8 Å². The van der Waals surface area contributed by atoms with Crippen LogP contribution in [0, 0.1) is 15.9 Å². The SMILES string of the molecule is CN(CCNc1ccc([N+](=O)[O-])cc1F)C1CCCC1. The number of nitrogens with zero attached hydrogens (tertiary/aromatic N) is 2. The molecule has 0 radical (unpaired) electrons. The highest BCUT2D eigenvalue weighted by Gasteiger charge is 2.19. The highest BCUT2D eigenvalue weighted by molar-refractivity contribution is 5.50. The molecule has 0 heterocycles. The Hall–Kier alpha value is -1.69. The minimum Gasteiger partial charge on any atom is -0.381 e. The first kappa shape index (κ1) is 14.7. The predicted octanol–water partition coefficient (Wildman–Crippen LogP) is 3.02. The Morgan fingerprint density at radius 2 is 2.15 bits per heavy atom. The van der Waals surface area contributed by atoms with Crippen LogP contribution in [0.5, 0.6) is 0 Å². The molecule has 1 aromatic carbocycles. The zero-order valence-electron chi connectivity index (χ0n) is 11.6. The maximum Gasteiger partial charge on any atom is 0.272 e. The fraction of sp³-hybridized carbons (Fsp3) is 0.571. The molecule has 1 fully saturated rings. The standard InChI is InChI=1S/C14H20FN3O2/c1-17(11-4-2-3-5-11)9-8-16-14-7-6-12(18(19)20)10-13(14)15/h6-7,10-11,16H,2-5,8-9H2,1H3. The van der Waals surface area contributed by atoms with Crippen LogP contribution in [0.4, 0.5) is 15.8 Å². The second-order valence-electron chi connectivity index (χ2n) is 5.27. The van der Waals surface area contributed by atoms with Crippen LogP contribution >= 0.6 is 0 Å². The number of hydrogen-bond donors (Lipinski definition) is 1. The van der Waals surface area contributed by atoms with E-state index in [1.54, 1.807) is 0 Å². The smallest absolute Gasteiger partial charge is 0.272 e. The third-order valence-corrected chi connectivity index (χ3v) is 3.89. The Kier molecular flexibility index (Phi) is 4.89. The van der Waals surface area contributed by atoms with Crippen LogP contribution in [0.25, 0.3) is 0 Å². The van der Waals surface area contributed by atoms with E-state index in [2.05, 4.69) is 17.3 Å². The molecular weight excluding hydrogens is 261 g/mol. The molecule has 20 heavy (non-hydrogen) atoms. The normalized spacial score (nSPS) is 15.8. The Morgan fingerprint density at radius 3 is 2.75 bits per heavy atom. The maximum absolute atomic E-state index is 13.7. The summed E-state index contributed by atoms with van der Waals surface area (Å²) in [5.41, 5.74) is 0.0894. The molecule has 1 aromatic rings. The lowest BCUT2D eigenvalue weighted by Gasteiger charge is -2.24. The van der Waals surface area contributed by atoms with Gasteiger partial charge in [0.15, 0.2) is 5.82 Å². The molecule has 6 heteroatoms. The summed E-state index contributed by atoms with van der Waals surface area (Å²) in [5, 5.41) is 13.5. The van der Waals surface area contributed by atoms with Gasteiger partial charge in [-0.05, 0) is 26.0 Å². The van der Waals surface area contributed by atoms with Crippen molar-refractivity contribution in [1.29, 1.82) is 0 Å².